The molecule has 0 aliphatic rings. The number of fused-ring (bicyclic) bond motifs is 1. The van der Waals surface area contributed by atoms with Crippen molar-refractivity contribution in [3.8, 4) is 5.75 Å². The SMILES string of the molecule is Cc1cccc(OCC(=O)N(Cc2cccnc2)c2nc3ccc(Cl)cc3s2)c1. The molecule has 0 bridgehead atoms. The number of thiazole rings is 1. The lowest BCUT2D eigenvalue weighted by Crippen LogP contribution is -2.34. The fraction of sp³-hybridized carbons (Fsp3) is 0.136. The van der Waals surface area contributed by atoms with Crippen molar-refractivity contribution in [2.24, 2.45) is 0 Å². The highest BCUT2D eigenvalue weighted by molar-refractivity contribution is 7.22. The van der Waals surface area contributed by atoms with Crippen LogP contribution in [0, 0.1) is 6.92 Å². The molecule has 0 aliphatic heterocycles. The summed E-state index contributed by atoms with van der Waals surface area (Å²) in [6, 6.07) is 16.9. The summed E-state index contributed by atoms with van der Waals surface area (Å²) in [6.07, 6.45) is 3.45. The molecule has 2 heterocycles. The van der Waals surface area contributed by atoms with E-state index in [1.54, 1.807) is 23.4 Å². The van der Waals surface area contributed by atoms with Crippen molar-refractivity contribution in [2.75, 3.05) is 11.5 Å². The minimum Gasteiger partial charge on any atom is -0.484 e. The molecule has 1 amide bonds. The second-order valence-electron chi connectivity index (χ2n) is 6.55. The van der Waals surface area contributed by atoms with Crippen LogP contribution in [0.1, 0.15) is 11.1 Å². The largest absolute Gasteiger partial charge is 0.484 e. The Labute approximate surface area is 177 Å². The summed E-state index contributed by atoms with van der Waals surface area (Å²) in [5.41, 5.74) is 2.79. The summed E-state index contributed by atoms with van der Waals surface area (Å²) in [5.74, 6) is 0.483. The van der Waals surface area contributed by atoms with Gasteiger partial charge in [-0.05, 0) is 54.4 Å². The van der Waals surface area contributed by atoms with Gasteiger partial charge < -0.3 is 4.74 Å². The Morgan fingerprint density at radius 2 is 2.07 bits per heavy atom. The van der Waals surface area contributed by atoms with Crippen LogP contribution in [0.15, 0.2) is 67.0 Å². The summed E-state index contributed by atoms with van der Waals surface area (Å²) in [5, 5.41) is 1.24. The topological polar surface area (TPSA) is 55.3 Å². The Morgan fingerprint density at radius 1 is 1.17 bits per heavy atom. The Hall–Kier alpha value is -2.96. The molecule has 0 radical (unpaired) electrons. The Bertz CT molecular complexity index is 1150. The van der Waals surface area contributed by atoms with E-state index >= 15 is 0 Å². The number of aromatic nitrogens is 2. The number of hydrogen-bond acceptors (Lipinski definition) is 5. The first-order valence-corrected chi connectivity index (χ1v) is 10.2. The predicted octanol–water partition coefficient (Wildman–Crippen LogP) is 5.27. The van der Waals surface area contributed by atoms with Gasteiger partial charge in [-0.3, -0.25) is 14.7 Å². The molecule has 0 fully saturated rings. The van der Waals surface area contributed by atoms with Gasteiger partial charge in [0.05, 0.1) is 16.8 Å². The second-order valence-corrected chi connectivity index (χ2v) is 8.00. The maximum atomic E-state index is 13.1. The molecule has 5 nitrogen and oxygen atoms in total. The van der Waals surface area contributed by atoms with Crippen LogP contribution >= 0.6 is 22.9 Å². The third-order valence-electron chi connectivity index (χ3n) is 4.29. The van der Waals surface area contributed by atoms with Gasteiger partial charge in [-0.1, -0.05) is 41.1 Å². The minimum absolute atomic E-state index is 0.0829. The number of halogens is 1. The molecule has 146 valence electrons. The monoisotopic (exact) mass is 423 g/mol. The number of carbonyl (C=O) groups excluding carboxylic acids is 1. The van der Waals surface area contributed by atoms with Gasteiger partial charge >= 0.3 is 0 Å². The van der Waals surface area contributed by atoms with Crippen LogP contribution < -0.4 is 9.64 Å². The van der Waals surface area contributed by atoms with Crippen LogP contribution in [0.3, 0.4) is 0 Å². The van der Waals surface area contributed by atoms with E-state index in [0.29, 0.717) is 22.4 Å². The fourth-order valence-electron chi connectivity index (χ4n) is 2.87. The van der Waals surface area contributed by atoms with Gasteiger partial charge in [0.1, 0.15) is 5.75 Å². The zero-order valence-corrected chi connectivity index (χ0v) is 17.3. The zero-order chi connectivity index (χ0) is 20.2. The number of carbonyl (C=O) groups is 1. The van der Waals surface area contributed by atoms with Gasteiger partial charge in [-0.25, -0.2) is 4.98 Å². The van der Waals surface area contributed by atoms with E-state index in [0.717, 1.165) is 21.3 Å². The Kier molecular flexibility index (Phi) is 5.74. The van der Waals surface area contributed by atoms with Crippen molar-refractivity contribution >= 4 is 44.2 Å². The number of pyridine rings is 1. The smallest absolute Gasteiger partial charge is 0.267 e. The molecule has 0 N–H and O–H groups in total. The number of aryl methyl sites for hydroxylation is 1. The van der Waals surface area contributed by atoms with Crippen LogP contribution in [0.5, 0.6) is 5.75 Å². The first kappa shape index (κ1) is 19.4. The molecule has 7 heteroatoms. The number of rotatable bonds is 6. The Balaban J connectivity index is 1.60. The lowest BCUT2D eigenvalue weighted by molar-refractivity contribution is -0.120. The van der Waals surface area contributed by atoms with Crippen LogP contribution in [0.4, 0.5) is 5.13 Å². The molecule has 0 unspecified atom stereocenters. The molecule has 0 saturated heterocycles. The predicted molar refractivity (Wildman–Crippen MR) is 117 cm³/mol. The summed E-state index contributed by atoms with van der Waals surface area (Å²) in [4.78, 5) is 23.5. The van der Waals surface area contributed by atoms with E-state index in [1.807, 2.05) is 55.5 Å². The molecule has 0 aliphatic carbocycles. The average molecular weight is 424 g/mol. The van der Waals surface area contributed by atoms with Crippen molar-refractivity contribution in [3.05, 3.63) is 83.1 Å². The third kappa shape index (κ3) is 4.72. The fourth-order valence-corrected chi connectivity index (χ4v) is 4.12. The molecule has 2 aromatic carbocycles. The highest BCUT2D eigenvalue weighted by Crippen LogP contribution is 2.31. The number of anilines is 1. The van der Waals surface area contributed by atoms with Crippen molar-refractivity contribution in [3.63, 3.8) is 0 Å². The summed E-state index contributed by atoms with van der Waals surface area (Å²) >= 11 is 7.53. The minimum atomic E-state index is -0.180. The van der Waals surface area contributed by atoms with Crippen LogP contribution in [0.2, 0.25) is 5.02 Å². The quantitative estimate of drug-likeness (QED) is 0.424. The maximum Gasteiger partial charge on any atom is 0.267 e. The number of amides is 1. The Morgan fingerprint density at radius 3 is 2.86 bits per heavy atom. The molecule has 4 aromatic rings. The van der Waals surface area contributed by atoms with E-state index in [-0.39, 0.29) is 12.5 Å². The summed E-state index contributed by atoms with van der Waals surface area (Å²) in [6.45, 7) is 2.26. The summed E-state index contributed by atoms with van der Waals surface area (Å²) in [7, 11) is 0. The molecular formula is C22H18ClN3O2S. The molecule has 29 heavy (non-hydrogen) atoms. The van der Waals surface area contributed by atoms with E-state index < -0.39 is 0 Å². The molecule has 0 atom stereocenters. The van der Waals surface area contributed by atoms with Gasteiger partial charge in [-0.15, -0.1) is 0 Å². The van der Waals surface area contributed by atoms with Crippen molar-refractivity contribution in [1.29, 1.82) is 0 Å². The molecule has 4 rings (SSSR count). The zero-order valence-electron chi connectivity index (χ0n) is 15.7. The first-order valence-electron chi connectivity index (χ1n) is 9.03. The van der Waals surface area contributed by atoms with E-state index in [9.17, 15) is 4.79 Å². The van der Waals surface area contributed by atoms with Crippen molar-refractivity contribution < 1.29 is 9.53 Å². The lowest BCUT2D eigenvalue weighted by atomic mass is 10.2. The van der Waals surface area contributed by atoms with Crippen LogP contribution in [-0.4, -0.2) is 22.5 Å². The van der Waals surface area contributed by atoms with Crippen molar-refractivity contribution in [2.45, 2.75) is 13.5 Å². The molecule has 2 aromatic heterocycles. The van der Waals surface area contributed by atoms with Gasteiger partial charge in [0.25, 0.3) is 5.91 Å². The highest BCUT2D eigenvalue weighted by Gasteiger charge is 2.21. The highest BCUT2D eigenvalue weighted by atomic mass is 35.5. The molecular weight excluding hydrogens is 406 g/mol. The number of ether oxygens (including phenoxy) is 1. The van der Waals surface area contributed by atoms with E-state index in [1.165, 1.54) is 11.3 Å². The standard InChI is InChI=1S/C22H18ClN3O2S/c1-15-4-2-6-18(10-15)28-14-21(27)26(13-16-5-3-9-24-12-16)22-25-19-8-7-17(23)11-20(19)29-22/h2-12H,13-14H2,1H3. The van der Waals surface area contributed by atoms with Gasteiger partial charge in [0.2, 0.25) is 0 Å². The molecule has 0 spiro atoms. The number of nitrogens with zero attached hydrogens (tertiary/aromatic N) is 3. The maximum absolute atomic E-state index is 13.1. The van der Waals surface area contributed by atoms with Crippen molar-refractivity contribution in [1.82, 2.24) is 9.97 Å². The second kappa shape index (κ2) is 8.59. The third-order valence-corrected chi connectivity index (χ3v) is 5.56. The van der Waals surface area contributed by atoms with E-state index in [2.05, 4.69) is 9.97 Å². The summed E-state index contributed by atoms with van der Waals surface area (Å²) < 4.78 is 6.66. The number of benzene rings is 2. The van der Waals surface area contributed by atoms with Gasteiger partial charge in [0.15, 0.2) is 11.7 Å². The normalized spacial score (nSPS) is 10.8. The molecule has 0 saturated carbocycles. The van der Waals surface area contributed by atoms with Gasteiger partial charge in [0, 0.05) is 17.4 Å². The average Bonchev–Trinajstić information content (AvgIpc) is 3.14. The van der Waals surface area contributed by atoms with Crippen LogP contribution in [-0.2, 0) is 11.3 Å². The van der Waals surface area contributed by atoms with E-state index in [4.69, 9.17) is 16.3 Å². The van der Waals surface area contributed by atoms with Gasteiger partial charge in [-0.2, -0.15) is 0 Å². The first-order chi connectivity index (χ1) is 14.1. The lowest BCUT2D eigenvalue weighted by Gasteiger charge is -2.20. The van der Waals surface area contributed by atoms with Crippen LogP contribution in [0.25, 0.3) is 10.2 Å². The number of hydrogen-bond donors (Lipinski definition) is 0.